The molecule has 0 unspecified atom stereocenters. The average Bonchev–Trinajstić information content (AvgIpc) is 2.85. The predicted molar refractivity (Wildman–Crippen MR) is 137 cm³/mol. The van der Waals surface area contributed by atoms with E-state index >= 15 is 0 Å². The van der Waals surface area contributed by atoms with Gasteiger partial charge in [0.2, 0.25) is 5.91 Å². The Balaban J connectivity index is 1.50. The van der Waals surface area contributed by atoms with Gasteiger partial charge >= 0.3 is 0 Å². The molecule has 176 valence electrons. The van der Waals surface area contributed by atoms with Crippen molar-refractivity contribution in [1.82, 2.24) is 25.6 Å². The van der Waals surface area contributed by atoms with Crippen LogP contribution in [0.2, 0.25) is 0 Å². The Hall–Kier alpha value is -4.48. The van der Waals surface area contributed by atoms with Crippen molar-refractivity contribution in [3.05, 3.63) is 77.9 Å². The Labute approximate surface area is 204 Å². The number of ether oxygens (including phenoxy) is 1. The number of rotatable bonds is 7. The van der Waals surface area contributed by atoms with Crippen molar-refractivity contribution in [3.63, 3.8) is 0 Å². The number of hydrogen-bond acceptors (Lipinski definition) is 7. The van der Waals surface area contributed by atoms with Crippen LogP contribution in [-0.4, -0.2) is 41.0 Å². The number of aryl methyl sites for hydroxylation is 2. The molecule has 1 amide bonds. The first-order valence-electron chi connectivity index (χ1n) is 11.1. The van der Waals surface area contributed by atoms with Gasteiger partial charge in [0.1, 0.15) is 23.6 Å². The van der Waals surface area contributed by atoms with Gasteiger partial charge < -0.3 is 20.7 Å². The fourth-order valence-corrected chi connectivity index (χ4v) is 3.37. The average molecular weight is 467 g/mol. The molecule has 4 rings (SSSR count). The van der Waals surface area contributed by atoms with Gasteiger partial charge in [0, 0.05) is 22.3 Å². The summed E-state index contributed by atoms with van der Waals surface area (Å²) in [5.41, 5.74) is 4.40. The van der Waals surface area contributed by atoms with E-state index in [-0.39, 0.29) is 19.0 Å². The Bertz CT molecular complexity index is 1410. The third-order valence-corrected chi connectivity index (χ3v) is 5.13. The normalized spacial score (nSPS) is 10.4. The molecular weight excluding hydrogens is 440 g/mol. The minimum Gasteiger partial charge on any atom is -0.455 e. The molecule has 0 aliphatic rings. The highest BCUT2D eigenvalue weighted by molar-refractivity contribution is 5.91. The Morgan fingerprint density at radius 2 is 1.91 bits per heavy atom. The largest absolute Gasteiger partial charge is 0.455 e. The number of benzene rings is 2. The molecule has 3 N–H and O–H groups in total. The molecule has 2 aromatic heterocycles. The van der Waals surface area contributed by atoms with E-state index in [4.69, 9.17) is 4.74 Å². The molecule has 2 aromatic carbocycles. The van der Waals surface area contributed by atoms with Gasteiger partial charge in [-0.25, -0.2) is 9.97 Å². The van der Waals surface area contributed by atoms with Crippen LogP contribution in [0.4, 0.5) is 11.5 Å². The maximum absolute atomic E-state index is 11.5. The summed E-state index contributed by atoms with van der Waals surface area (Å²) in [6, 6.07) is 15.4. The summed E-state index contributed by atoms with van der Waals surface area (Å²) in [4.78, 5) is 24.6. The molecule has 0 saturated carbocycles. The second-order valence-corrected chi connectivity index (χ2v) is 7.91. The summed E-state index contributed by atoms with van der Waals surface area (Å²) in [7, 11) is 1.72. The van der Waals surface area contributed by atoms with Gasteiger partial charge in [-0.2, -0.15) is 0 Å². The molecule has 35 heavy (non-hydrogen) atoms. The van der Waals surface area contributed by atoms with Crippen molar-refractivity contribution < 1.29 is 9.53 Å². The highest BCUT2D eigenvalue weighted by atomic mass is 16.5. The molecule has 2 heterocycles. The molecule has 0 bridgehead atoms. The number of anilines is 2. The van der Waals surface area contributed by atoms with Crippen LogP contribution in [0, 0.1) is 25.7 Å². The highest BCUT2D eigenvalue weighted by Crippen LogP contribution is 2.29. The zero-order chi connectivity index (χ0) is 24.6. The maximum Gasteiger partial charge on any atom is 0.234 e. The SMILES string of the molecule is CNCC(=O)NCC#Cc1ccc2ncnc(Nc3ccc(Oc4ccc(C)nc4)c(C)c3)c2c1. The van der Waals surface area contributed by atoms with Gasteiger partial charge in [-0.1, -0.05) is 11.8 Å². The van der Waals surface area contributed by atoms with E-state index in [1.807, 2.05) is 62.4 Å². The number of pyridine rings is 1. The van der Waals surface area contributed by atoms with Crippen LogP contribution in [0.1, 0.15) is 16.8 Å². The standard InChI is InChI=1S/C27H26N6O2/c1-18-13-21(8-11-25(18)35-22-9-6-19(2)30-15-22)33-27-23-14-20(7-10-24(23)31-17-32-27)5-4-12-29-26(34)16-28-3/h6-11,13-15,17,28H,12,16H2,1-3H3,(H,29,34)(H,31,32,33). The molecule has 0 radical (unpaired) electrons. The zero-order valence-electron chi connectivity index (χ0n) is 19.8. The molecule has 4 aromatic rings. The van der Waals surface area contributed by atoms with E-state index in [1.165, 1.54) is 6.33 Å². The molecule has 0 aliphatic heterocycles. The van der Waals surface area contributed by atoms with Crippen LogP contribution < -0.4 is 20.7 Å². The smallest absolute Gasteiger partial charge is 0.234 e. The number of hydrogen-bond donors (Lipinski definition) is 3. The second kappa shape index (κ2) is 11.1. The fourth-order valence-electron chi connectivity index (χ4n) is 3.37. The lowest BCUT2D eigenvalue weighted by atomic mass is 10.1. The fraction of sp³-hybridized carbons (Fsp3) is 0.185. The first-order valence-corrected chi connectivity index (χ1v) is 11.1. The highest BCUT2D eigenvalue weighted by Gasteiger charge is 2.08. The minimum absolute atomic E-state index is 0.0950. The molecule has 0 fully saturated rings. The van der Waals surface area contributed by atoms with E-state index in [2.05, 4.69) is 42.7 Å². The topological polar surface area (TPSA) is 101 Å². The number of fused-ring (bicyclic) bond motifs is 1. The van der Waals surface area contributed by atoms with Crippen molar-refractivity contribution in [2.75, 3.05) is 25.5 Å². The van der Waals surface area contributed by atoms with Gasteiger partial charge in [0.05, 0.1) is 24.8 Å². The number of nitrogens with one attached hydrogen (secondary N) is 3. The Morgan fingerprint density at radius 1 is 1.03 bits per heavy atom. The third-order valence-electron chi connectivity index (χ3n) is 5.13. The molecule has 8 nitrogen and oxygen atoms in total. The molecule has 0 aliphatic carbocycles. The monoisotopic (exact) mass is 466 g/mol. The van der Waals surface area contributed by atoms with Gasteiger partial charge in [0.25, 0.3) is 0 Å². The summed E-state index contributed by atoms with van der Waals surface area (Å²) >= 11 is 0. The van der Waals surface area contributed by atoms with Gasteiger partial charge in [-0.05, 0) is 75.0 Å². The summed E-state index contributed by atoms with van der Waals surface area (Å²) in [6.07, 6.45) is 3.24. The lowest BCUT2D eigenvalue weighted by molar-refractivity contribution is -0.119. The molecule has 0 saturated heterocycles. The minimum atomic E-state index is -0.0950. The van der Waals surface area contributed by atoms with Gasteiger partial charge in [0.15, 0.2) is 0 Å². The van der Waals surface area contributed by atoms with E-state index in [9.17, 15) is 4.79 Å². The number of carbonyl (C=O) groups excluding carboxylic acids is 1. The molecular formula is C27H26N6O2. The lowest BCUT2D eigenvalue weighted by Crippen LogP contribution is -2.32. The first kappa shape index (κ1) is 23.7. The van der Waals surface area contributed by atoms with Crippen molar-refractivity contribution in [2.45, 2.75) is 13.8 Å². The summed E-state index contributed by atoms with van der Waals surface area (Å²) in [5, 5.41) is 9.77. The van der Waals surface area contributed by atoms with Crippen LogP contribution >= 0.6 is 0 Å². The molecule has 8 heteroatoms. The summed E-state index contributed by atoms with van der Waals surface area (Å²) in [5.74, 6) is 8.08. The van der Waals surface area contributed by atoms with Crippen molar-refractivity contribution >= 4 is 28.3 Å². The van der Waals surface area contributed by atoms with Gasteiger partial charge in [-0.3, -0.25) is 9.78 Å². The van der Waals surface area contributed by atoms with Crippen LogP contribution in [0.25, 0.3) is 10.9 Å². The van der Waals surface area contributed by atoms with E-state index in [0.717, 1.165) is 39.2 Å². The van der Waals surface area contributed by atoms with Crippen LogP contribution in [-0.2, 0) is 4.79 Å². The Morgan fingerprint density at radius 3 is 2.69 bits per heavy atom. The van der Waals surface area contributed by atoms with E-state index in [0.29, 0.717) is 11.6 Å². The predicted octanol–water partition coefficient (Wildman–Crippen LogP) is 3.86. The quantitative estimate of drug-likeness (QED) is 0.356. The van der Waals surface area contributed by atoms with Crippen molar-refractivity contribution in [2.24, 2.45) is 0 Å². The van der Waals surface area contributed by atoms with Crippen LogP contribution in [0.15, 0.2) is 61.1 Å². The van der Waals surface area contributed by atoms with Crippen LogP contribution in [0.5, 0.6) is 11.5 Å². The first-order chi connectivity index (χ1) is 17.0. The number of carbonyl (C=O) groups is 1. The van der Waals surface area contributed by atoms with Crippen LogP contribution in [0.3, 0.4) is 0 Å². The molecule has 0 atom stereocenters. The number of amides is 1. The lowest BCUT2D eigenvalue weighted by Gasteiger charge is -2.12. The number of nitrogens with zero attached hydrogens (tertiary/aromatic N) is 3. The van der Waals surface area contributed by atoms with E-state index < -0.39 is 0 Å². The maximum atomic E-state index is 11.5. The third kappa shape index (κ3) is 6.31. The number of likely N-dealkylation sites (N-methyl/N-ethyl adjacent to an activating group) is 1. The van der Waals surface area contributed by atoms with Crippen molar-refractivity contribution in [3.8, 4) is 23.3 Å². The zero-order valence-corrected chi connectivity index (χ0v) is 19.8. The van der Waals surface area contributed by atoms with E-state index in [1.54, 1.807) is 13.2 Å². The Kier molecular flexibility index (Phi) is 7.50. The van der Waals surface area contributed by atoms with Gasteiger partial charge in [-0.15, -0.1) is 0 Å². The summed E-state index contributed by atoms with van der Waals surface area (Å²) < 4.78 is 5.97. The number of aromatic nitrogens is 3. The molecule has 0 spiro atoms. The summed E-state index contributed by atoms with van der Waals surface area (Å²) in [6.45, 7) is 4.47. The second-order valence-electron chi connectivity index (χ2n) is 7.91. The van der Waals surface area contributed by atoms with Crippen molar-refractivity contribution in [1.29, 1.82) is 0 Å².